The van der Waals surface area contributed by atoms with E-state index >= 15 is 0 Å². The highest BCUT2D eigenvalue weighted by Gasteiger charge is 2.15. The fourth-order valence-electron chi connectivity index (χ4n) is 1.61. The maximum absolute atomic E-state index is 5.32. The molecule has 1 fully saturated rings. The van der Waals surface area contributed by atoms with Gasteiger partial charge in [0.15, 0.2) is 0 Å². The quantitative estimate of drug-likeness (QED) is 0.878. The molecule has 3 heteroatoms. The van der Waals surface area contributed by atoms with Crippen LogP contribution in [0.25, 0.3) is 0 Å². The van der Waals surface area contributed by atoms with E-state index in [1.807, 2.05) is 0 Å². The summed E-state index contributed by atoms with van der Waals surface area (Å²) in [5.41, 5.74) is 2.43. The van der Waals surface area contributed by atoms with Crippen LogP contribution in [0.2, 0.25) is 0 Å². The van der Waals surface area contributed by atoms with Crippen molar-refractivity contribution >= 4 is 21.6 Å². The predicted octanol–water partition coefficient (Wildman–Crippen LogP) is 2.96. The summed E-state index contributed by atoms with van der Waals surface area (Å²) in [5, 5.41) is 3.46. The molecule has 0 aromatic heterocycles. The number of nitrogens with one attached hydrogen (secondary N) is 1. The maximum atomic E-state index is 5.32. The zero-order valence-corrected chi connectivity index (χ0v) is 9.80. The lowest BCUT2D eigenvalue weighted by molar-refractivity contribution is 0.195. The zero-order valence-electron chi connectivity index (χ0n) is 8.22. The summed E-state index contributed by atoms with van der Waals surface area (Å²) in [5.74, 6) is 0. The molecule has 0 saturated carbocycles. The van der Waals surface area contributed by atoms with Crippen LogP contribution < -0.4 is 5.32 Å². The largest absolute Gasteiger partial charge is 0.379 e. The monoisotopic (exact) mass is 255 g/mol. The first kappa shape index (κ1) is 9.99. The van der Waals surface area contributed by atoms with Crippen LogP contribution in [0.4, 0.5) is 5.69 Å². The number of anilines is 1. The normalized spacial score (nSPS) is 21.1. The van der Waals surface area contributed by atoms with Gasteiger partial charge in [-0.3, -0.25) is 0 Å². The number of ether oxygens (including phenoxy) is 1. The molecule has 2 nitrogen and oxygen atoms in total. The van der Waals surface area contributed by atoms with Crippen LogP contribution in [0.15, 0.2) is 22.7 Å². The lowest BCUT2D eigenvalue weighted by Gasteiger charge is -2.13. The lowest BCUT2D eigenvalue weighted by Crippen LogP contribution is -2.19. The van der Waals surface area contributed by atoms with Crippen LogP contribution in [-0.2, 0) is 4.74 Å². The van der Waals surface area contributed by atoms with Crippen LogP contribution in [0, 0.1) is 6.92 Å². The van der Waals surface area contributed by atoms with Gasteiger partial charge in [-0.15, -0.1) is 0 Å². The summed E-state index contributed by atoms with van der Waals surface area (Å²) >= 11 is 3.55. The average molecular weight is 256 g/mol. The summed E-state index contributed by atoms with van der Waals surface area (Å²) in [7, 11) is 0. The van der Waals surface area contributed by atoms with E-state index in [1.54, 1.807) is 0 Å². The SMILES string of the molecule is Cc1ccc(NC2CCOC2)c(Br)c1. The van der Waals surface area contributed by atoms with Crippen molar-refractivity contribution in [3.8, 4) is 0 Å². The number of hydrogen-bond acceptors (Lipinski definition) is 2. The molecule has 14 heavy (non-hydrogen) atoms. The van der Waals surface area contributed by atoms with Gasteiger partial charge in [0.1, 0.15) is 0 Å². The van der Waals surface area contributed by atoms with Crippen molar-refractivity contribution < 1.29 is 4.74 Å². The van der Waals surface area contributed by atoms with Gasteiger partial charge in [0.25, 0.3) is 0 Å². The fourth-order valence-corrected chi connectivity index (χ4v) is 2.21. The first-order chi connectivity index (χ1) is 6.75. The zero-order chi connectivity index (χ0) is 9.97. The molecule has 76 valence electrons. The van der Waals surface area contributed by atoms with E-state index in [9.17, 15) is 0 Å². The van der Waals surface area contributed by atoms with Crippen molar-refractivity contribution in [1.29, 1.82) is 0 Å². The van der Waals surface area contributed by atoms with Crippen molar-refractivity contribution in [3.05, 3.63) is 28.2 Å². The molecule has 1 aromatic rings. The summed E-state index contributed by atoms with van der Waals surface area (Å²) in [4.78, 5) is 0. The molecule has 0 aliphatic carbocycles. The number of aryl methyl sites for hydroxylation is 1. The Hall–Kier alpha value is -0.540. The minimum absolute atomic E-state index is 0.467. The third kappa shape index (κ3) is 2.28. The third-order valence-electron chi connectivity index (χ3n) is 2.41. The highest BCUT2D eigenvalue weighted by molar-refractivity contribution is 9.10. The molecule has 0 radical (unpaired) electrons. The molecule has 1 aliphatic rings. The molecule has 1 aromatic carbocycles. The van der Waals surface area contributed by atoms with E-state index in [2.05, 4.69) is 46.4 Å². The van der Waals surface area contributed by atoms with Crippen LogP contribution >= 0.6 is 15.9 Å². The highest BCUT2D eigenvalue weighted by atomic mass is 79.9. The van der Waals surface area contributed by atoms with Gasteiger partial charge in [0.2, 0.25) is 0 Å². The Balaban J connectivity index is 2.08. The molecule has 1 atom stereocenters. The van der Waals surface area contributed by atoms with Crippen LogP contribution in [0.5, 0.6) is 0 Å². The molecule has 0 bridgehead atoms. The minimum atomic E-state index is 0.467. The first-order valence-corrected chi connectivity index (χ1v) is 5.65. The highest BCUT2D eigenvalue weighted by Crippen LogP contribution is 2.25. The van der Waals surface area contributed by atoms with Gasteiger partial charge in [0.05, 0.1) is 12.6 Å². The van der Waals surface area contributed by atoms with E-state index in [0.717, 1.165) is 29.8 Å². The Bertz CT molecular complexity index is 321. The van der Waals surface area contributed by atoms with Crippen molar-refractivity contribution in [2.24, 2.45) is 0 Å². The van der Waals surface area contributed by atoms with Gasteiger partial charge in [-0.2, -0.15) is 0 Å². The topological polar surface area (TPSA) is 21.3 Å². The smallest absolute Gasteiger partial charge is 0.0668 e. The van der Waals surface area contributed by atoms with Gasteiger partial charge >= 0.3 is 0 Å². The molecule has 0 spiro atoms. The summed E-state index contributed by atoms with van der Waals surface area (Å²) in [6, 6.07) is 6.81. The second-order valence-electron chi connectivity index (χ2n) is 3.69. The van der Waals surface area contributed by atoms with Gasteiger partial charge in [-0.1, -0.05) is 6.07 Å². The Morgan fingerprint density at radius 3 is 3.00 bits per heavy atom. The van der Waals surface area contributed by atoms with Crippen molar-refractivity contribution in [2.75, 3.05) is 18.5 Å². The molecule has 0 amide bonds. The number of halogens is 1. The van der Waals surface area contributed by atoms with Gasteiger partial charge < -0.3 is 10.1 Å². The molecule has 1 saturated heterocycles. The number of rotatable bonds is 2. The minimum Gasteiger partial charge on any atom is -0.379 e. The van der Waals surface area contributed by atoms with Crippen molar-refractivity contribution in [2.45, 2.75) is 19.4 Å². The Morgan fingerprint density at radius 1 is 1.50 bits per heavy atom. The Morgan fingerprint density at radius 2 is 2.36 bits per heavy atom. The van der Waals surface area contributed by atoms with Crippen LogP contribution in [-0.4, -0.2) is 19.3 Å². The van der Waals surface area contributed by atoms with Gasteiger partial charge in [-0.25, -0.2) is 0 Å². The molecule has 1 aliphatic heterocycles. The summed E-state index contributed by atoms with van der Waals surface area (Å²) < 4.78 is 6.44. The van der Waals surface area contributed by atoms with Gasteiger partial charge in [0, 0.05) is 16.8 Å². The maximum Gasteiger partial charge on any atom is 0.0668 e. The van der Waals surface area contributed by atoms with E-state index in [-0.39, 0.29) is 0 Å². The van der Waals surface area contributed by atoms with E-state index < -0.39 is 0 Å². The van der Waals surface area contributed by atoms with Gasteiger partial charge in [-0.05, 0) is 47.0 Å². The molecule has 1 heterocycles. The second kappa shape index (κ2) is 4.32. The first-order valence-electron chi connectivity index (χ1n) is 4.86. The van der Waals surface area contributed by atoms with Crippen LogP contribution in [0.3, 0.4) is 0 Å². The third-order valence-corrected chi connectivity index (χ3v) is 3.07. The molecular weight excluding hydrogens is 242 g/mol. The van der Waals surface area contributed by atoms with Crippen molar-refractivity contribution in [3.63, 3.8) is 0 Å². The Labute approximate surface area is 92.8 Å². The van der Waals surface area contributed by atoms with E-state index in [0.29, 0.717) is 6.04 Å². The van der Waals surface area contributed by atoms with Crippen LogP contribution in [0.1, 0.15) is 12.0 Å². The molecule has 1 N–H and O–H groups in total. The van der Waals surface area contributed by atoms with E-state index in [1.165, 1.54) is 5.56 Å². The Kier molecular flexibility index (Phi) is 3.08. The molecule has 2 rings (SSSR count). The number of hydrogen-bond donors (Lipinski definition) is 1. The summed E-state index contributed by atoms with van der Waals surface area (Å²) in [6.07, 6.45) is 1.10. The average Bonchev–Trinajstić information content (AvgIpc) is 2.62. The van der Waals surface area contributed by atoms with E-state index in [4.69, 9.17) is 4.74 Å². The summed E-state index contributed by atoms with van der Waals surface area (Å²) in [6.45, 7) is 3.79. The fraction of sp³-hybridized carbons (Fsp3) is 0.455. The molecule has 1 unspecified atom stereocenters. The standard InChI is InChI=1S/C11H14BrNO/c1-8-2-3-11(10(12)6-8)13-9-4-5-14-7-9/h2-3,6,9,13H,4-5,7H2,1H3. The molecular formula is C11H14BrNO. The number of benzene rings is 1. The van der Waals surface area contributed by atoms with Crippen molar-refractivity contribution in [1.82, 2.24) is 0 Å². The predicted molar refractivity (Wildman–Crippen MR) is 61.7 cm³/mol. The lowest BCUT2D eigenvalue weighted by atomic mass is 10.2. The second-order valence-corrected chi connectivity index (χ2v) is 4.54.